The molecule has 0 atom stereocenters. The van der Waals surface area contributed by atoms with Gasteiger partial charge in [0.2, 0.25) is 0 Å². The molecule has 0 amide bonds. The van der Waals surface area contributed by atoms with Crippen molar-refractivity contribution in [1.82, 2.24) is 15.0 Å². The van der Waals surface area contributed by atoms with Crippen LogP contribution in [0, 0.1) is 5.82 Å². The summed E-state index contributed by atoms with van der Waals surface area (Å²) in [5, 5.41) is 17.3. The Bertz CT molecular complexity index is 863. The molecule has 1 aromatic heterocycles. The molecule has 110 valence electrons. The van der Waals surface area contributed by atoms with E-state index in [-0.39, 0.29) is 11.4 Å². The van der Waals surface area contributed by atoms with Crippen molar-refractivity contribution >= 4 is 17.6 Å². The van der Waals surface area contributed by atoms with Crippen molar-refractivity contribution in [2.45, 2.75) is 0 Å². The van der Waals surface area contributed by atoms with Crippen LogP contribution in [0.15, 0.2) is 48.5 Å². The maximum atomic E-state index is 13.5. The van der Waals surface area contributed by atoms with Crippen molar-refractivity contribution in [3.05, 3.63) is 65.1 Å². The Kier molecular flexibility index (Phi) is 3.60. The van der Waals surface area contributed by atoms with Crippen molar-refractivity contribution in [1.29, 1.82) is 0 Å². The average Bonchev–Trinajstić information content (AvgIpc) is 2.92. The number of hydrogen-bond acceptors (Lipinski definition) is 3. The highest BCUT2D eigenvalue weighted by Gasteiger charge is 2.21. The molecule has 0 saturated carbocycles. The minimum atomic E-state index is -1.24. The summed E-state index contributed by atoms with van der Waals surface area (Å²) >= 11 is 5.95. The number of halogens is 2. The number of rotatable bonds is 3. The van der Waals surface area contributed by atoms with Crippen LogP contribution in [0.3, 0.4) is 0 Å². The fraction of sp³-hybridized carbons (Fsp3) is 0. The van der Waals surface area contributed by atoms with E-state index in [1.807, 2.05) is 0 Å². The van der Waals surface area contributed by atoms with Crippen LogP contribution >= 0.6 is 11.6 Å². The van der Waals surface area contributed by atoms with Gasteiger partial charge in [-0.2, -0.15) is 0 Å². The van der Waals surface area contributed by atoms with Crippen LogP contribution in [0.4, 0.5) is 4.39 Å². The zero-order valence-corrected chi connectivity index (χ0v) is 11.8. The van der Waals surface area contributed by atoms with Gasteiger partial charge >= 0.3 is 5.97 Å². The summed E-state index contributed by atoms with van der Waals surface area (Å²) in [7, 11) is 0. The average molecular weight is 318 g/mol. The van der Waals surface area contributed by atoms with Gasteiger partial charge < -0.3 is 5.11 Å². The molecule has 5 nitrogen and oxygen atoms in total. The number of carboxylic acids is 1. The van der Waals surface area contributed by atoms with Crippen LogP contribution in [0.2, 0.25) is 5.02 Å². The summed E-state index contributed by atoms with van der Waals surface area (Å²) in [6, 6.07) is 12.3. The standard InChI is InChI=1S/C15H9ClFN3O2/c16-10-4-2-6-12(8-10)20-14(13(15(21)22)18-19-20)9-3-1-5-11(17)7-9/h1-8H,(H,21,22). The quantitative estimate of drug-likeness (QED) is 0.803. The lowest BCUT2D eigenvalue weighted by atomic mass is 10.1. The van der Waals surface area contributed by atoms with E-state index in [9.17, 15) is 14.3 Å². The first-order chi connectivity index (χ1) is 10.6. The molecule has 1 N–H and O–H groups in total. The largest absolute Gasteiger partial charge is 0.476 e. The van der Waals surface area contributed by atoms with Crippen molar-refractivity contribution in [2.24, 2.45) is 0 Å². The zero-order chi connectivity index (χ0) is 15.7. The highest BCUT2D eigenvalue weighted by Crippen LogP contribution is 2.26. The van der Waals surface area contributed by atoms with Gasteiger partial charge in [-0.1, -0.05) is 35.0 Å². The molecule has 3 rings (SSSR count). The fourth-order valence-electron chi connectivity index (χ4n) is 2.11. The smallest absolute Gasteiger partial charge is 0.358 e. The van der Waals surface area contributed by atoms with Gasteiger partial charge in [0.15, 0.2) is 5.69 Å². The van der Waals surface area contributed by atoms with Crippen LogP contribution in [0.25, 0.3) is 16.9 Å². The van der Waals surface area contributed by atoms with Crippen molar-refractivity contribution in [3.63, 3.8) is 0 Å². The van der Waals surface area contributed by atoms with E-state index >= 15 is 0 Å². The van der Waals surface area contributed by atoms with Crippen LogP contribution < -0.4 is 0 Å². The summed E-state index contributed by atoms with van der Waals surface area (Å²) in [5.74, 6) is -1.72. The summed E-state index contributed by atoms with van der Waals surface area (Å²) in [6.07, 6.45) is 0. The van der Waals surface area contributed by atoms with Gasteiger partial charge in [0.25, 0.3) is 0 Å². The van der Waals surface area contributed by atoms with Crippen LogP contribution in [0.5, 0.6) is 0 Å². The van der Waals surface area contributed by atoms with Crippen molar-refractivity contribution in [2.75, 3.05) is 0 Å². The molecule has 0 saturated heterocycles. The number of nitrogens with zero attached hydrogens (tertiary/aromatic N) is 3. The monoisotopic (exact) mass is 317 g/mol. The minimum absolute atomic E-state index is 0.189. The molecule has 0 aliphatic heterocycles. The van der Waals surface area contributed by atoms with Crippen LogP contribution in [-0.2, 0) is 0 Å². The number of hydrogen-bond donors (Lipinski definition) is 1. The van der Waals surface area contributed by atoms with E-state index in [0.29, 0.717) is 16.3 Å². The maximum absolute atomic E-state index is 13.5. The van der Waals surface area contributed by atoms with Gasteiger partial charge in [-0.25, -0.2) is 13.9 Å². The third-order valence-electron chi connectivity index (χ3n) is 3.02. The van der Waals surface area contributed by atoms with Gasteiger partial charge in [-0.15, -0.1) is 5.10 Å². The number of aromatic nitrogens is 3. The van der Waals surface area contributed by atoms with E-state index in [1.165, 1.54) is 22.9 Å². The molecule has 0 spiro atoms. The van der Waals surface area contributed by atoms with Crippen molar-refractivity contribution in [3.8, 4) is 16.9 Å². The normalized spacial score (nSPS) is 10.6. The fourth-order valence-corrected chi connectivity index (χ4v) is 2.29. The second-order valence-corrected chi connectivity index (χ2v) is 4.93. The van der Waals surface area contributed by atoms with E-state index in [1.54, 1.807) is 30.3 Å². The molecule has 1 heterocycles. The zero-order valence-electron chi connectivity index (χ0n) is 11.1. The van der Waals surface area contributed by atoms with E-state index in [0.717, 1.165) is 0 Å². The molecule has 0 aliphatic rings. The molecule has 3 aromatic rings. The Hall–Kier alpha value is -2.73. The van der Waals surface area contributed by atoms with E-state index < -0.39 is 11.8 Å². The number of aromatic carboxylic acids is 1. The second kappa shape index (κ2) is 5.57. The lowest BCUT2D eigenvalue weighted by molar-refractivity contribution is 0.0691. The van der Waals surface area contributed by atoms with Crippen molar-refractivity contribution < 1.29 is 14.3 Å². The first-order valence-electron chi connectivity index (χ1n) is 6.27. The minimum Gasteiger partial charge on any atom is -0.476 e. The first-order valence-corrected chi connectivity index (χ1v) is 6.65. The second-order valence-electron chi connectivity index (χ2n) is 4.49. The Morgan fingerprint density at radius 1 is 1.18 bits per heavy atom. The summed E-state index contributed by atoms with van der Waals surface area (Å²) in [6.45, 7) is 0. The molecule has 7 heteroatoms. The Morgan fingerprint density at radius 2 is 1.95 bits per heavy atom. The molecule has 0 fully saturated rings. The highest BCUT2D eigenvalue weighted by molar-refractivity contribution is 6.30. The highest BCUT2D eigenvalue weighted by atomic mass is 35.5. The Labute approximate surface area is 129 Å². The van der Waals surface area contributed by atoms with Gasteiger partial charge in [0, 0.05) is 10.6 Å². The molecule has 0 aliphatic carbocycles. The molecule has 2 aromatic carbocycles. The molecular weight excluding hydrogens is 309 g/mol. The maximum Gasteiger partial charge on any atom is 0.358 e. The summed E-state index contributed by atoms with van der Waals surface area (Å²) < 4.78 is 14.8. The Morgan fingerprint density at radius 3 is 2.64 bits per heavy atom. The predicted octanol–water partition coefficient (Wildman–Crippen LogP) is 3.43. The SMILES string of the molecule is O=C(O)c1nnn(-c2cccc(Cl)c2)c1-c1cccc(F)c1. The molecular formula is C15H9ClFN3O2. The molecule has 0 bridgehead atoms. The number of benzene rings is 2. The first kappa shape index (κ1) is 14.2. The molecule has 22 heavy (non-hydrogen) atoms. The van der Waals surface area contributed by atoms with Gasteiger partial charge in [0.05, 0.1) is 5.69 Å². The van der Waals surface area contributed by atoms with Crippen LogP contribution in [-0.4, -0.2) is 26.1 Å². The topological polar surface area (TPSA) is 68.0 Å². The molecule has 0 unspecified atom stereocenters. The van der Waals surface area contributed by atoms with E-state index in [2.05, 4.69) is 10.3 Å². The lowest BCUT2D eigenvalue weighted by Gasteiger charge is -2.07. The third kappa shape index (κ3) is 2.56. The predicted molar refractivity (Wildman–Crippen MR) is 78.7 cm³/mol. The van der Waals surface area contributed by atoms with E-state index in [4.69, 9.17) is 11.6 Å². The molecule has 0 radical (unpaired) electrons. The van der Waals surface area contributed by atoms with Crippen LogP contribution in [0.1, 0.15) is 10.5 Å². The third-order valence-corrected chi connectivity index (χ3v) is 3.26. The van der Waals surface area contributed by atoms with Gasteiger partial charge in [-0.05, 0) is 30.3 Å². The summed E-state index contributed by atoms with van der Waals surface area (Å²) in [4.78, 5) is 11.4. The Balaban J connectivity index is 2.26. The lowest BCUT2D eigenvalue weighted by Crippen LogP contribution is -2.03. The van der Waals surface area contributed by atoms with Gasteiger partial charge in [0.1, 0.15) is 11.5 Å². The number of carbonyl (C=O) groups is 1. The van der Waals surface area contributed by atoms with Gasteiger partial charge in [-0.3, -0.25) is 0 Å². The summed E-state index contributed by atoms with van der Waals surface area (Å²) in [5.41, 5.74) is 0.828. The number of carboxylic acid groups (broad SMARTS) is 1.